The number of rotatable bonds is 5. The van der Waals surface area contributed by atoms with Gasteiger partial charge in [0.2, 0.25) is 10.0 Å². The smallest absolute Gasteiger partial charge is 0.343 e. The van der Waals surface area contributed by atoms with Crippen molar-refractivity contribution in [2.75, 3.05) is 11.0 Å². The van der Waals surface area contributed by atoms with Crippen LogP contribution in [0.5, 0.6) is 5.75 Å². The van der Waals surface area contributed by atoms with Crippen molar-refractivity contribution in [1.29, 1.82) is 0 Å². The molecule has 0 amide bonds. The van der Waals surface area contributed by atoms with E-state index in [1.54, 1.807) is 24.3 Å². The van der Waals surface area contributed by atoms with E-state index in [9.17, 15) is 23.1 Å². The Morgan fingerprint density at radius 3 is 2.57 bits per heavy atom. The van der Waals surface area contributed by atoms with Gasteiger partial charge in [0.1, 0.15) is 11.5 Å². The summed E-state index contributed by atoms with van der Waals surface area (Å²) in [7, 11) is -3.46. The van der Waals surface area contributed by atoms with Crippen molar-refractivity contribution in [3.63, 3.8) is 0 Å². The zero-order chi connectivity index (χ0) is 21.5. The van der Waals surface area contributed by atoms with E-state index in [0.717, 1.165) is 38.4 Å². The lowest BCUT2D eigenvalue weighted by molar-refractivity contribution is 0.0968. The van der Waals surface area contributed by atoms with Gasteiger partial charge in [-0.25, -0.2) is 13.2 Å². The van der Waals surface area contributed by atoms with Gasteiger partial charge in [-0.15, -0.1) is 0 Å². The highest BCUT2D eigenvalue weighted by Crippen LogP contribution is 2.49. The fourth-order valence-electron chi connectivity index (χ4n) is 4.31. The zero-order valence-electron chi connectivity index (χ0n) is 16.8. The summed E-state index contributed by atoms with van der Waals surface area (Å²) >= 11 is 0. The van der Waals surface area contributed by atoms with E-state index >= 15 is 0 Å². The van der Waals surface area contributed by atoms with Crippen LogP contribution in [0.25, 0.3) is 0 Å². The molecular formula is C22H25NO6S. The van der Waals surface area contributed by atoms with Crippen molar-refractivity contribution < 1.29 is 22.7 Å². The number of aryl methyl sites for hydroxylation is 1. The Balaban J connectivity index is 1.84. The van der Waals surface area contributed by atoms with Crippen LogP contribution in [-0.2, 0) is 16.4 Å². The van der Waals surface area contributed by atoms with Crippen LogP contribution in [0.4, 0.5) is 5.69 Å². The summed E-state index contributed by atoms with van der Waals surface area (Å²) in [6.07, 6.45) is 6.00. The monoisotopic (exact) mass is 431 g/mol. The molecular weight excluding hydrogens is 406 g/mol. The third-order valence-electron chi connectivity index (χ3n) is 5.75. The summed E-state index contributed by atoms with van der Waals surface area (Å²) in [6, 6.07) is 6.80. The largest absolute Gasteiger partial charge is 0.506 e. The number of carbonyl (C=O) groups excluding carboxylic acids is 1. The highest BCUT2D eigenvalue weighted by molar-refractivity contribution is 7.92. The summed E-state index contributed by atoms with van der Waals surface area (Å²) in [6.45, 7) is 0. The second-order valence-electron chi connectivity index (χ2n) is 8.25. The highest BCUT2D eigenvalue weighted by Gasteiger charge is 2.39. The molecule has 2 aliphatic rings. The fourth-order valence-corrected chi connectivity index (χ4v) is 4.86. The quantitative estimate of drug-likeness (QED) is 0.748. The van der Waals surface area contributed by atoms with Crippen molar-refractivity contribution in [3.05, 3.63) is 57.1 Å². The Bertz CT molecular complexity index is 1150. The Labute approximate surface area is 175 Å². The molecule has 0 bridgehead atoms. The lowest BCUT2D eigenvalue weighted by Gasteiger charge is -2.21. The molecule has 2 aliphatic carbocycles. The molecule has 4 rings (SSSR count). The number of aromatic hydroxyl groups is 1. The summed E-state index contributed by atoms with van der Waals surface area (Å²) < 4.78 is 31.2. The maximum absolute atomic E-state index is 12.9. The van der Waals surface area contributed by atoms with E-state index in [4.69, 9.17) is 4.42 Å². The van der Waals surface area contributed by atoms with Gasteiger partial charge in [-0.05, 0) is 49.3 Å². The van der Waals surface area contributed by atoms with Crippen LogP contribution in [0.15, 0.2) is 33.5 Å². The number of ketones is 1. The minimum atomic E-state index is -3.46. The van der Waals surface area contributed by atoms with Crippen LogP contribution >= 0.6 is 0 Å². The Hall–Kier alpha value is -2.61. The van der Waals surface area contributed by atoms with Gasteiger partial charge in [0.25, 0.3) is 0 Å². The topological polar surface area (TPSA) is 114 Å². The van der Waals surface area contributed by atoms with Crippen LogP contribution < -0.4 is 10.3 Å². The lowest BCUT2D eigenvalue weighted by atomic mass is 9.85. The first kappa shape index (κ1) is 20.7. The molecule has 30 heavy (non-hydrogen) atoms. The molecule has 1 saturated carbocycles. The predicted molar refractivity (Wildman–Crippen MR) is 113 cm³/mol. The number of anilines is 1. The third kappa shape index (κ3) is 4.28. The van der Waals surface area contributed by atoms with Crippen molar-refractivity contribution in [2.45, 2.75) is 50.9 Å². The zero-order valence-corrected chi connectivity index (χ0v) is 17.6. The number of benzene rings is 1. The number of carbonyl (C=O) groups is 1. The molecule has 1 heterocycles. The summed E-state index contributed by atoms with van der Waals surface area (Å²) in [5.74, 6) is -0.547. The van der Waals surface area contributed by atoms with Crippen LogP contribution in [-0.4, -0.2) is 25.6 Å². The SMILES string of the molecule is CS(=O)(=O)Nc1cccc(C(c2c(O)c3c(oc2=O)CCCCCC3=O)C2CC2)c1. The van der Waals surface area contributed by atoms with Crippen LogP contribution in [0.2, 0.25) is 0 Å². The van der Waals surface area contributed by atoms with Gasteiger partial charge < -0.3 is 9.52 Å². The minimum Gasteiger partial charge on any atom is -0.506 e. The first-order valence-electron chi connectivity index (χ1n) is 10.2. The third-order valence-corrected chi connectivity index (χ3v) is 6.35. The average Bonchev–Trinajstić information content (AvgIpc) is 3.46. The van der Waals surface area contributed by atoms with E-state index in [1.165, 1.54) is 0 Å². The van der Waals surface area contributed by atoms with Gasteiger partial charge in [-0.2, -0.15) is 0 Å². The molecule has 7 nitrogen and oxygen atoms in total. The summed E-state index contributed by atoms with van der Waals surface area (Å²) in [5, 5.41) is 11.1. The van der Waals surface area contributed by atoms with Gasteiger partial charge >= 0.3 is 5.63 Å². The Kier molecular flexibility index (Phi) is 5.44. The molecule has 0 saturated heterocycles. The molecule has 1 atom stereocenters. The van der Waals surface area contributed by atoms with Gasteiger partial charge in [0, 0.05) is 24.4 Å². The van der Waals surface area contributed by atoms with Gasteiger partial charge in [-0.3, -0.25) is 9.52 Å². The average molecular weight is 432 g/mol. The molecule has 0 aliphatic heterocycles. The highest BCUT2D eigenvalue weighted by atomic mass is 32.2. The van der Waals surface area contributed by atoms with E-state index < -0.39 is 21.6 Å². The first-order valence-corrected chi connectivity index (χ1v) is 12.1. The van der Waals surface area contributed by atoms with Gasteiger partial charge in [-0.1, -0.05) is 18.6 Å². The number of sulfonamides is 1. The Morgan fingerprint density at radius 1 is 1.13 bits per heavy atom. The number of hydrogen-bond acceptors (Lipinski definition) is 6. The lowest BCUT2D eigenvalue weighted by Crippen LogP contribution is -2.21. The molecule has 0 spiro atoms. The van der Waals surface area contributed by atoms with Crippen molar-refractivity contribution >= 4 is 21.5 Å². The molecule has 2 N–H and O–H groups in total. The van der Waals surface area contributed by atoms with Crippen LogP contribution in [0.3, 0.4) is 0 Å². The summed E-state index contributed by atoms with van der Waals surface area (Å²) in [5.41, 5.74) is 0.693. The fraction of sp³-hybridized carbons (Fsp3) is 0.455. The van der Waals surface area contributed by atoms with Gasteiger partial charge in [0.05, 0.1) is 17.4 Å². The molecule has 8 heteroatoms. The van der Waals surface area contributed by atoms with Crippen molar-refractivity contribution in [3.8, 4) is 5.75 Å². The van der Waals surface area contributed by atoms with E-state index in [1.807, 2.05) is 0 Å². The molecule has 2 aromatic rings. The maximum Gasteiger partial charge on any atom is 0.343 e. The maximum atomic E-state index is 12.9. The second-order valence-corrected chi connectivity index (χ2v) is 10.00. The van der Waals surface area contributed by atoms with Crippen LogP contribution in [0.1, 0.15) is 71.7 Å². The molecule has 1 aromatic carbocycles. The number of hydrogen-bond donors (Lipinski definition) is 2. The van der Waals surface area contributed by atoms with Crippen molar-refractivity contribution in [2.24, 2.45) is 5.92 Å². The van der Waals surface area contributed by atoms with E-state index in [-0.39, 0.29) is 34.3 Å². The standard InChI is InChI=1S/C22H25NO6S/c1-30(27,28)23-15-7-5-6-14(12-15)18(13-10-11-13)20-21(25)19-16(24)8-3-2-4-9-17(19)29-22(20)26/h5-7,12-13,18,23,25H,2-4,8-11H2,1H3. The summed E-state index contributed by atoms with van der Waals surface area (Å²) in [4.78, 5) is 25.6. The van der Waals surface area contributed by atoms with Crippen LogP contribution in [0, 0.1) is 5.92 Å². The van der Waals surface area contributed by atoms with Gasteiger partial charge in [0.15, 0.2) is 5.78 Å². The molecule has 1 aromatic heterocycles. The minimum absolute atomic E-state index is 0.0988. The molecule has 1 fully saturated rings. The predicted octanol–water partition coefficient (Wildman–Crippen LogP) is 3.56. The number of fused-ring (bicyclic) bond motifs is 1. The molecule has 0 radical (unpaired) electrons. The number of nitrogens with one attached hydrogen (secondary N) is 1. The second kappa shape index (κ2) is 7.91. The molecule has 1 unspecified atom stereocenters. The normalized spacial score (nSPS) is 18.2. The number of Topliss-reactive ketones (excluding diaryl/α,β-unsaturated/α-hetero) is 1. The molecule has 160 valence electrons. The van der Waals surface area contributed by atoms with Crippen molar-refractivity contribution in [1.82, 2.24) is 0 Å². The van der Waals surface area contributed by atoms with E-state index in [2.05, 4.69) is 4.72 Å². The first-order chi connectivity index (χ1) is 14.2. The van der Waals surface area contributed by atoms with E-state index in [0.29, 0.717) is 24.1 Å². The Morgan fingerprint density at radius 2 is 1.87 bits per heavy atom.